The quantitative estimate of drug-likeness (QED) is 0.800. The minimum atomic E-state index is -1.06. The third-order valence-electron chi connectivity index (χ3n) is 4.41. The predicted octanol–water partition coefficient (Wildman–Crippen LogP) is 3.94. The normalized spacial score (nSPS) is 13.3. The number of aliphatic carboxylic acids is 1. The maximum Gasteiger partial charge on any atom is 0.407 e. The Morgan fingerprint density at radius 1 is 1.08 bits per heavy atom. The zero-order valence-corrected chi connectivity index (χ0v) is 14.7. The van der Waals surface area contributed by atoms with E-state index in [9.17, 15) is 9.59 Å². The molecule has 0 bridgehead atoms. The van der Waals surface area contributed by atoms with E-state index in [0.717, 1.165) is 17.2 Å². The highest BCUT2D eigenvalue weighted by Crippen LogP contribution is 2.44. The Bertz CT molecular complexity index is 824. The molecule has 0 atom stereocenters. The van der Waals surface area contributed by atoms with Gasteiger partial charge in [-0.25, -0.2) is 9.59 Å². The van der Waals surface area contributed by atoms with Crippen LogP contribution in [0.3, 0.4) is 0 Å². The van der Waals surface area contributed by atoms with Gasteiger partial charge in [0.15, 0.2) is 0 Å². The van der Waals surface area contributed by atoms with Gasteiger partial charge in [-0.3, -0.25) is 0 Å². The number of carbonyl (C=O) groups excluding carboxylic acids is 1. The summed E-state index contributed by atoms with van der Waals surface area (Å²) in [5.74, 6) is -1.07. The van der Waals surface area contributed by atoms with Gasteiger partial charge in [-0.2, -0.15) is 0 Å². The fourth-order valence-electron chi connectivity index (χ4n) is 3.22. The summed E-state index contributed by atoms with van der Waals surface area (Å²) in [4.78, 5) is 22.8. The maximum absolute atomic E-state index is 12.2. The number of fused-ring (bicyclic) bond motifs is 3. The van der Waals surface area contributed by atoms with Crippen molar-refractivity contribution in [3.63, 3.8) is 0 Å². The fourth-order valence-corrected chi connectivity index (χ4v) is 3.22. The number of hydrogen-bond donors (Lipinski definition) is 2. The highest BCUT2D eigenvalue weighted by Gasteiger charge is 2.29. The van der Waals surface area contributed by atoms with Crippen molar-refractivity contribution >= 4 is 12.1 Å². The molecule has 0 radical (unpaired) electrons. The van der Waals surface area contributed by atoms with Crippen molar-refractivity contribution in [3.05, 3.63) is 71.8 Å². The molecule has 1 amide bonds. The van der Waals surface area contributed by atoms with Crippen molar-refractivity contribution < 1.29 is 19.4 Å². The van der Waals surface area contributed by atoms with E-state index in [2.05, 4.69) is 29.6 Å². The third kappa shape index (κ3) is 3.77. The Morgan fingerprint density at radius 3 is 2.15 bits per heavy atom. The van der Waals surface area contributed by atoms with Crippen molar-refractivity contribution in [3.8, 4) is 11.1 Å². The highest BCUT2D eigenvalue weighted by atomic mass is 16.5. The number of carbonyl (C=O) groups is 2. The molecule has 26 heavy (non-hydrogen) atoms. The van der Waals surface area contributed by atoms with Gasteiger partial charge in [-0.05, 0) is 36.1 Å². The summed E-state index contributed by atoms with van der Waals surface area (Å²) in [5, 5.41) is 11.4. The van der Waals surface area contributed by atoms with E-state index in [1.54, 1.807) is 13.8 Å². The molecular weight excluding hydrogens is 330 g/mol. The zero-order chi connectivity index (χ0) is 18.7. The van der Waals surface area contributed by atoms with E-state index in [1.165, 1.54) is 17.2 Å². The van der Waals surface area contributed by atoms with Crippen LogP contribution in [0.2, 0.25) is 0 Å². The van der Waals surface area contributed by atoms with Gasteiger partial charge in [0.05, 0.1) is 5.54 Å². The molecule has 0 spiro atoms. The predicted molar refractivity (Wildman–Crippen MR) is 99.1 cm³/mol. The molecule has 2 aromatic rings. The van der Waals surface area contributed by atoms with E-state index in [-0.39, 0.29) is 12.5 Å². The van der Waals surface area contributed by atoms with E-state index >= 15 is 0 Å². The van der Waals surface area contributed by atoms with Crippen LogP contribution in [0.4, 0.5) is 4.79 Å². The van der Waals surface area contributed by atoms with Gasteiger partial charge < -0.3 is 15.2 Å². The number of carboxylic acid groups (broad SMARTS) is 1. The van der Waals surface area contributed by atoms with Crippen molar-refractivity contribution in [2.24, 2.45) is 0 Å². The smallest absolute Gasteiger partial charge is 0.407 e. The SMILES string of the molecule is CC(C)(/C=C/C(=O)O)NC(=O)OCC1c2ccccc2-c2ccccc21. The van der Waals surface area contributed by atoms with E-state index in [0.29, 0.717) is 0 Å². The van der Waals surface area contributed by atoms with Crippen LogP contribution in [-0.4, -0.2) is 29.3 Å². The lowest BCUT2D eigenvalue weighted by Gasteiger charge is -2.22. The Morgan fingerprint density at radius 2 is 1.62 bits per heavy atom. The molecule has 0 unspecified atom stereocenters. The van der Waals surface area contributed by atoms with Crippen LogP contribution in [0.25, 0.3) is 11.1 Å². The van der Waals surface area contributed by atoms with Crippen molar-refractivity contribution in [1.82, 2.24) is 5.32 Å². The monoisotopic (exact) mass is 351 g/mol. The van der Waals surface area contributed by atoms with E-state index < -0.39 is 17.6 Å². The average Bonchev–Trinajstić information content (AvgIpc) is 2.92. The zero-order valence-electron chi connectivity index (χ0n) is 14.7. The molecule has 0 aliphatic heterocycles. The Labute approximate surface area is 152 Å². The summed E-state index contributed by atoms with van der Waals surface area (Å²) in [7, 11) is 0. The number of benzene rings is 2. The van der Waals surface area contributed by atoms with Crippen molar-refractivity contribution in [2.45, 2.75) is 25.3 Å². The number of amides is 1. The first kappa shape index (κ1) is 17.7. The molecule has 5 nitrogen and oxygen atoms in total. The van der Waals surface area contributed by atoms with Gasteiger partial charge in [-0.15, -0.1) is 0 Å². The van der Waals surface area contributed by atoms with Gasteiger partial charge >= 0.3 is 12.1 Å². The summed E-state index contributed by atoms with van der Waals surface area (Å²) in [6.07, 6.45) is 1.84. The molecule has 0 fully saturated rings. The van der Waals surface area contributed by atoms with Gasteiger partial charge in [-0.1, -0.05) is 54.6 Å². The molecule has 0 heterocycles. The standard InChI is InChI=1S/C21H21NO4/c1-21(2,12-11-19(23)24)22-20(25)26-13-18-16-9-5-3-7-14(16)15-8-4-6-10-17(15)18/h3-12,18H,13H2,1-2H3,(H,22,25)(H,23,24)/b12-11+. The number of alkyl carbamates (subject to hydrolysis) is 1. The highest BCUT2D eigenvalue weighted by molar-refractivity contribution is 5.80. The summed E-state index contributed by atoms with van der Waals surface area (Å²) in [6.45, 7) is 3.63. The Balaban J connectivity index is 1.70. The minimum absolute atomic E-state index is 0.00850. The number of rotatable bonds is 5. The lowest BCUT2D eigenvalue weighted by Crippen LogP contribution is -2.42. The molecule has 134 valence electrons. The van der Waals surface area contributed by atoms with Gasteiger partial charge in [0.2, 0.25) is 0 Å². The molecule has 0 saturated heterocycles. The molecule has 5 heteroatoms. The number of carboxylic acids is 1. The molecule has 2 aromatic carbocycles. The number of ether oxygens (including phenoxy) is 1. The Kier molecular flexibility index (Phi) is 4.80. The first-order chi connectivity index (χ1) is 12.4. The minimum Gasteiger partial charge on any atom is -0.478 e. The summed E-state index contributed by atoms with van der Waals surface area (Å²) < 4.78 is 5.45. The largest absolute Gasteiger partial charge is 0.478 e. The second-order valence-electron chi connectivity index (χ2n) is 6.84. The number of hydrogen-bond acceptors (Lipinski definition) is 3. The molecular formula is C21H21NO4. The molecule has 1 aliphatic carbocycles. The summed E-state index contributed by atoms with van der Waals surface area (Å²) in [5.41, 5.74) is 3.81. The first-order valence-corrected chi connectivity index (χ1v) is 8.43. The summed E-state index contributed by atoms with van der Waals surface area (Å²) in [6, 6.07) is 16.2. The molecule has 0 aromatic heterocycles. The van der Waals surface area contributed by atoms with Crippen LogP contribution in [0, 0.1) is 0 Å². The summed E-state index contributed by atoms with van der Waals surface area (Å²) >= 11 is 0. The fraction of sp³-hybridized carbons (Fsp3) is 0.238. The van der Waals surface area contributed by atoms with E-state index in [4.69, 9.17) is 9.84 Å². The van der Waals surface area contributed by atoms with E-state index in [1.807, 2.05) is 24.3 Å². The lowest BCUT2D eigenvalue weighted by atomic mass is 9.98. The maximum atomic E-state index is 12.2. The van der Waals surface area contributed by atoms with Gasteiger partial charge in [0, 0.05) is 12.0 Å². The van der Waals surface area contributed by atoms with Gasteiger partial charge in [0.25, 0.3) is 0 Å². The number of nitrogens with one attached hydrogen (secondary N) is 1. The van der Waals surface area contributed by atoms with Crippen LogP contribution < -0.4 is 5.32 Å². The molecule has 3 rings (SSSR count). The molecule has 2 N–H and O–H groups in total. The van der Waals surface area contributed by atoms with Crippen LogP contribution in [-0.2, 0) is 9.53 Å². The van der Waals surface area contributed by atoms with Crippen LogP contribution in [0.1, 0.15) is 30.9 Å². The van der Waals surface area contributed by atoms with Crippen LogP contribution in [0.15, 0.2) is 60.7 Å². The van der Waals surface area contributed by atoms with Crippen LogP contribution in [0.5, 0.6) is 0 Å². The topological polar surface area (TPSA) is 75.6 Å². The molecule has 1 aliphatic rings. The van der Waals surface area contributed by atoms with Crippen LogP contribution >= 0.6 is 0 Å². The van der Waals surface area contributed by atoms with Crippen molar-refractivity contribution in [1.29, 1.82) is 0 Å². The average molecular weight is 351 g/mol. The second kappa shape index (κ2) is 7.04. The Hall–Kier alpha value is -3.08. The van der Waals surface area contributed by atoms with Crippen molar-refractivity contribution in [2.75, 3.05) is 6.61 Å². The first-order valence-electron chi connectivity index (χ1n) is 8.43. The molecule has 0 saturated carbocycles. The second-order valence-corrected chi connectivity index (χ2v) is 6.84. The lowest BCUT2D eigenvalue weighted by molar-refractivity contribution is -0.131. The third-order valence-corrected chi connectivity index (χ3v) is 4.41. The van der Waals surface area contributed by atoms with Gasteiger partial charge in [0.1, 0.15) is 6.61 Å².